The Hall–Kier alpha value is -1.10. The van der Waals surface area contributed by atoms with Crippen LogP contribution in [0.15, 0.2) is 0 Å². The lowest BCUT2D eigenvalue weighted by Gasteiger charge is -2.32. The Morgan fingerprint density at radius 1 is 1.15 bits per heavy atom. The summed E-state index contributed by atoms with van der Waals surface area (Å²) in [4.78, 5) is 25.6. The highest BCUT2D eigenvalue weighted by molar-refractivity contribution is 5.90. The Bertz CT molecular complexity index is 373. The van der Waals surface area contributed by atoms with Crippen LogP contribution >= 0.6 is 0 Å². The van der Waals surface area contributed by atoms with E-state index >= 15 is 0 Å². The molecule has 0 bridgehead atoms. The van der Waals surface area contributed by atoms with E-state index in [2.05, 4.69) is 15.5 Å². The van der Waals surface area contributed by atoms with Crippen LogP contribution in [0.5, 0.6) is 0 Å². The summed E-state index contributed by atoms with van der Waals surface area (Å²) in [5.41, 5.74) is 0. The number of hydrogen-bond acceptors (Lipinski definition) is 3. The summed E-state index contributed by atoms with van der Waals surface area (Å²) in [6.45, 7) is 4.41. The Balaban J connectivity index is 1.32. The van der Waals surface area contributed by atoms with Crippen LogP contribution in [-0.4, -0.2) is 48.9 Å². The molecule has 2 saturated heterocycles. The largest absolute Gasteiger partial charge is 0.354 e. The highest BCUT2D eigenvalue weighted by Crippen LogP contribution is 2.31. The summed E-state index contributed by atoms with van der Waals surface area (Å²) in [6.07, 6.45) is 6.34. The molecule has 5 heteroatoms. The van der Waals surface area contributed by atoms with E-state index in [1.165, 1.54) is 45.3 Å². The van der Waals surface area contributed by atoms with E-state index in [1.807, 2.05) is 0 Å². The molecular weight excluding hydrogens is 254 g/mol. The van der Waals surface area contributed by atoms with Crippen molar-refractivity contribution in [1.82, 2.24) is 15.5 Å². The molecule has 3 fully saturated rings. The second-order valence-corrected chi connectivity index (χ2v) is 6.59. The second-order valence-electron chi connectivity index (χ2n) is 6.59. The fourth-order valence-electron chi connectivity index (χ4n) is 3.22. The number of amides is 2. The zero-order valence-corrected chi connectivity index (χ0v) is 12.1. The summed E-state index contributed by atoms with van der Waals surface area (Å²) < 4.78 is 0. The third-order valence-electron chi connectivity index (χ3n) is 4.80. The van der Waals surface area contributed by atoms with Crippen LogP contribution in [-0.2, 0) is 9.59 Å². The molecule has 0 aromatic heterocycles. The summed E-state index contributed by atoms with van der Waals surface area (Å²) in [7, 11) is 0. The molecule has 0 aromatic carbocycles. The van der Waals surface area contributed by atoms with Gasteiger partial charge in [0.25, 0.3) is 0 Å². The Kier molecular flexibility index (Phi) is 4.24. The number of piperidine rings is 1. The molecule has 2 amide bonds. The van der Waals surface area contributed by atoms with Gasteiger partial charge in [-0.1, -0.05) is 0 Å². The predicted molar refractivity (Wildman–Crippen MR) is 76.1 cm³/mol. The molecule has 0 spiro atoms. The number of nitrogens with zero attached hydrogens (tertiary/aromatic N) is 1. The van der Waals surface area contributed by atoms with Crippen LogP contribution in [0, 0.1) is 11.8 Å². The fraction of sp³-hybridized carbons (Fsp3) is 0.867. The molecule has 112 valence electrons. The molecule has 0 aromatic rings. The average Bonchev–Trinajstić information content (AvgIpc) is 3.16. The van der Waals surface area contributed by atoms with Crippen molar-refractivity contribution in [2.45, 2.75) is 44.6 Å². The van der Waals surface area contributed by atoms with Crippen LogP contribution in [0.4, 0.5) is 0 Å². The summed E-state index contributed by atoms with van der Waals surface area (Å²) in [5.74, 6) is 1.57. The molecule has 5 nitrogen and oxygen atoms in total. The van der Waals surface area contributed by atoms with Gasteiger partial charge >= 0.3 is 0 Å². The van der Waals surface area contributed by atoms with Gasteiger partial charge in [0.15, 0.2) is 0 Å². The maximum absolute atomic E-state index is 11.9. The summed E-state index contributed by atoms with van der Waals surface area (Å²) in [5, 5.41) is 5.73. The fourth-order valence-corrected chi connectivity index (χ4v) is 3.22. The molecule has 2 heterocycles. The van der Waals surface area contributed by atoms with Crippen molar-refractivity contribution in [2.24, 2.45) is 11.8 Å². The number of rotatable bonds is 5. The Morgan fingerprint density at radius 2 is 1.90 bits per heavy atom. The number of nitrogens with one attached hydrogen (secondary N) is 2. The maximum Gasteiger partial charge on any atom is 0.242 e. The molecule has 1 aliphatic carbocycles. The number of likely N-dealkylation sites (tertiary alicyclic amines) is 1. The first-order valence-electron chi connectivity index (χ1n) is 8.00. The van der Waals surface area contributed by atoms with E-state index in [1.54, 1.807) is 0 Å². The third-order valence-corrected chi connectivity index (χ3v) is 4.80. The van der Waals surface area contributed by atoms with Crippen molar-refractivity contribution in [2.75, 3.05) is 26.2 Å². The van der Waals surface area contributed by atoms with Crippen LogP contribution in [0.25, 0.3) is 0 Å². The smallest absolute Gasteiger partial charge is 0.242 e. The van der Waals surface area contributed by atoms with Gasteiger partial charge in [-0.25, -0.2) is 0 Å². The lowest BCUT2D eigenvalue weighted by atomic mass is 9.96. The van der Waals surface area contributed by atoms with Gasteiger partial charge in [-0.3, -0.25) is 9.59 Å². The number of hydrogen-bond donors (Lipinski definition) is 2. The standard InChI is InChI=1S/C15H25N3O2/c19-14-4-3-13(17-14)15(20)16-9-11-5-7-18(8-6-11)10-12-1-2-12/h11-13H,1-10H2,(H,16,20)(H,17,19). The zero-order valence-electron chi connectivity index (χ0n) is 12.1. The molecule has 20 heavy (non-hydrogen) atoms. The van der Waals surface area contributed by atoms with E-state index in [9.17, 15) is 9.59 Å². The van der Waals surface area contributed by atoms with Gasteiger partial charge in [0, 0.05) is 19.5 Å². The average molecular weight is 279 g/mol. The van der Waals surface area contributed by atoms with Crippen molar-refractivity contribution in [1.29, 1.82) is 0 Å². The quantitative estimate of drug-likeness (QED) is 0.770. The van der Waals surface area contributed by atoms with Crippen molar-refractivity contribution in [3.8, 4) is 0 Å². The maximum atomic E-state index is 11.9. The topological polar surface area (TPSA) is 61.4 Å². The summed E-state index contributed by atoms with van der Waals surface area (Å²) >= 11 is 0. The Morgan fingerprint density at radius 3 is 2.50 bits per heavy atom. The van der Waals surface area contributed by atoms with Crippen LogP contribution in [0.2, 0.25) is 0 Å². The molecule has 1 unspecified atom stereocenters. The predicted octanol–water partition coefficient (Wildman–Crippen LogP) is 0.503. The van der Waals surface area contributed by atoms with E-state index in [0.29, 0.717) is 18.8 Å². The molecule has 2 aliphatic heterocycles. The van der Waals surface area contributed by atoms with Crippen molar-refractivity contribution >= 4 is 11.8 Å². The minimum atomic E-state index is -0.294. The highest BCUT2D eigenvalue weighted by atomic mass is 16.2. The first-order chi connectivity index (χ1) is 9.70. The molecule has 3 rings (SSSR count). The van der Waals surface area contributed by atoms with Gasteiger partial charge in [0.05, 0.1) is 0 Å². The lowest BCUT2D eigenvalue weighted by molar-refractivity contribution is -0.125. The van der Waals surface area contributed by atoms with Gasteiger partial charge < -0.3 is 15.5 Å². The molecule has 1 atom stereocenters. The zero-order chi connectivity index (χ0) is 13.9. The monoisotopic (exact) mass is 279 g/mol. The minimum absolute atomic E-state index is 0.00136. The molecular formula is C15H25N3O2. The second kappa shape index (κ2) is 6.12. The highest BCUT2D eigenvalue weighted by Gasteiger charge is 2.29. The van der Waals surface area contributed by atoms with Crippen molar-refractivity contribution in [3.05, 3.63) is 0 Å². The normalized spacial score (nSPS) is 28.4. The summed E-state index contributed by atoms with van der Waals surface area (Å²) in [6, 6.07) is -0.294. The van der Waals surface area contributed by atoms with Gasteiger partial charge in [-0.15, -0.1) is 0 Å². The van der Waals surface area contributed by atoms with E-state index < -0.39 is 0 Å². The number of carbonyl (C=O) groups excluding carboxylic acids is 2. The van der Waals surface area contributed by atoms with Crippen molar-refractivity contribution in [3.63, 3.8) is 0 Å². The minimum Gasteiger partial charge on any atom is -0.354 e. The van der Waals surface area contributed by atoms with Crippen LogP contribution in [0.1, 0.15) is 38.5 Å². The lowest BCUT2D eigenvalue weighted by Crippen LogP contribution is -2.45. The van der Waals surface area contributed by atoms with Gasteiger partial charge in [-0.05, 0) is 57.0 Å². The molecule has 3 aliphatic rings. The molecule has 1 saturated carbocycles. The number of carbonyl (C=O) groups is 2. The van der Waals surface area contributed by atoms with Gasteiger partial charge in [0.1, 0.15) is 6.04 Å². The van der Waals surface area contributed by atoms with Crippen LogP contribution in [0.3, 0.4) is 0 Å². The molecule has 0 radical (unpaired) electrons. The van der Waals surface area contributed by atoms with Crippen molar-refractivity contribution < 1.29 is 9.59 Å². The van der Waals surface area contributed by atoms with Crippen LogP contribution < -0.4 is 10.6 Å². The van der Waals surface area contributed by atoms with E-state index in [4.69, 9.17) is 0 Å². The first-order valence-corrected chi connectivity index (χ1v) is 8.00. The first kappa shape index (κ1) is 13.9. The third kappa shape index (κ3) is 3.72. The molecule has 2 N–H and O–H groups in total. The van der Waals surface area contributed by atoms with Gasteiger partial charge in [-0.2, -0.15) is 0 Å². The SMILES string of the molecule is O=C1CCC(C(=O)NCC2CCN(CC3CC3)CC2)N1. The van der Waals surface area contributed by atoms with Gasteiger partial charge in [0.2, 0.25) is 11.8 Å². The van der Waals surface area contributed by atoms with E-state index in [-0.39, 0.29) is 17.9 Å². The van der Waals surface area contributed by atoms with E-state index in [0.717, 1.165) is 12.5 Å². The Labute approximate surface area is 120 Å².